The van der Waals surface area contributed by atoms with Crippen molar-refractivity contribution in [1.29, 1.82) is 5.26 Å². The first-order valence-electron chi connectivity index (χ1n) is 7.85. The second kappa shape index (κ2) is 8.03. The van der Waals surface area contributed by atoms with Crippen LogP contribution in [-0.4, -0.2) is 28.2 Å². The van der Waals surface area contributed by atoms with Gasteiger partial charge in [0.15, 0.2) is 0 Å². The van der Waals surface area contributed by atoms with E-state index in [4.69, 9.17) is 5.26 Å². The van der Waals surface area contributed by atoms with Gasteiger partial charge in [0.05, 0.1) is 6.07 Å². The molecule has 0 aliphatic rings. The molecule has 0 aromatic heterocycles. The van der Waals surface area contributed by atoms with E-state index in [-0.39, 0.29) is 0 Å². The minimum absolute atomic E-state index is 1.09. The van der Waals surface area contributed by atoms with E-state index in [0.29, 0.717) is 0 Å². The van der Waals surface area contributed by atoms with Gasteiger partial charge in [-0.05, 0) is 41.0 Å². The minimum atomic E-state index is 1.09. The molecule has 0 saturated heterocycles. The van der Waals surface area contributed by atoms with Crippen LogP contribution in [0.4, 0.5) is 11.4 Å². The number of nitrogens with zero attached hydrogens (tertiary/aromatic N) is 3. The van der Waals surface area contributed by atoms with Crippen LogP contribution in [0.15, 0.2) is 66.8 Å². The Morgan fingerprint density at radius 3 is 1.54 bits per heavy atom. The summed E-state index contributed by atoms with van der Waals surface area (Å²) in [5.41, 5.74) is 5.67. The highest BCUT2D eigenvalue weighted by molar-refractivity contribution is 5.82. The molecule has 0 N–H and O–H groups in total. The van der Waals surface area contributed by atoms with Crippen LogP contribution < -0.4 is 9.80 Å². The van der Waals surface area contributed by atoms with E-state index in [1.54, 1.807) is 6.08 Å². The van der Waals surface area contributed by atoms with Crippen molar-refractivity contribution in [2.75, 3.05) is 38.0 Å². The van der Waals surface area contributed by atoms with Gasteiger partial charge in [-0.3, -0.25) is 0 Å². The molecular weight excluding hydrogens is 294 g/mol. The molecule has 2 aromatic rings. The van der Waals surface area contributed by atoms with Gasteiger partial charge in [-0.2, -0.15) is 5.26 Å². The van der Waals surface area contributed by atoms with Crippen LogP contribution in [-0.2, 0) is 0 Å². The fourth-order valence-electron chi connectivity index (χ4n) is 2.42. The molecule has 0 heterocycles. The lowest BCUT2D eigenvalue weighted by Gasteiger charge is -2.15. The normalized spacial score (nSPS) is 10.3. The lowest BCUT2D eigenvalue weighted by atomic mass is 9.97. The Hall–Kier alpha value is -2.99. The summed E-state index contributed by atoms with van der Waals surface area (Å²) < 4.78 is 0. The van der Waals surface area contributed by atoms with Crippen LogP contribution in [0.1, 0.15) is 11.1 Å². The van der Waals surface area contributed by atoms with Crippen LogP contribution in [0, 0.1) is 11.3 Å². The van der Waals surface area contributed by atoms with Crippen molar-refractivity contribution in [3.63, 3.8) is 0 Å². The van der Waals surface area contributed by atoms with Gasteiger partial charge in [-0.15, -0.1) is 0 Å². The zero-order valence-electron chi connectivity index (χ0n) is 14.7. The molecule has 0 aliphatic carbocycles. The molecule has 0 bridgehead atoms. The monoisotopic (exact) mass is 317 g/mol. The molecule has 0 fully saturated rings. The SMILES string of the molecule is CN(C)c1ccc(C(=C/C=C/C#N)c2ccc(N(C)C)cc2)cc1. The second-order valence-electron chi connectivity index (χ2n) is 5.95. The molecule has 0 spiro atoms. The Labute approximate surface area is 144 Å². The van der Waals surface area contributed by atoms with Crippen LogP contribution in [0.5, 0.6) is 0 Å². The molecule has 122 valence electrons. The van der Waals surface area contributed by atoms with Crippen LogP contribution in [0.3, 0.4) is 0 Å². The Morgan fingerprint density at radius 2 is 1.21 bits per heavy atom. The van der Waals surface area contributed by atoms with Gasteiger partial charge in [-0.25, -0.2) is 0 Å². The molecule has 24 heavy (non-hydrogen) atoms. The highest BCUT2D eigenvalue weighted by Crippen LogP contribution is 2.27. The highest BCUT2D eigenvalue weighted by Gasteiger charge is 2.06. The molecule has 0 aliphatic heterocycles. The average molecular weight is 317 g/mol. The number of allylic oxidation sites excluding steroid dienone is 3. The molecule has 0 amide bonds. The van der Waals surface area contributed by atoms with Crippen molar-refractivity contribution in [3.05, 3.63) is 77.9 Å². The zero-order chi connectivity index (χ0) is 17.5. The highest BCUT2D eigenvalue weighted by atomic mass is 15.1. The fraction of sp³-hybridized carbons (Fsp3) is 0.190. The third-order valence-electron chi connectivity index (χ3n) is 3.82. The van der Waals surface area contributed by atoms with Gasteiger partial charge in [-0.1, -0.05) is 36.4 Å². The predicted molar refractivity (Wildman–Crippen MR) is 103 cm³/mol. The maximum atomic E-state index is 8.74. The van der Waals surface area contributed by atoms with Gasteiger partial charge in [0.1, 0.15) is 0 Å². The molecule has 3 heteroatoms. The van der Waals surface area contributed by atoms with E-state index in [1.807, 2.05) is 40.3 Å². The van der Waals surface area contributed by atoms with E-state index < -0.39 is 0 Å². The first-order valence-corrected chi connectivity index (χ1v) is 7.85. The average Bonchev–Trinajstić information content (AvgIpc) is 2.59. The van der Waals surface area contributed by atoms with Crippen molar-refractivity contribution in [3.8, 4) is 6.07 Å². The smallest absolute Gasteiger partial charge is 0.0912 e. The molecular formula is C21H23N3. The summed E-state index contributed by atoms with van der Waals surface area (Å²) in [6, 6.07) is 18.9. The molecule has 3 nitrogen and oxygen atoms in total. The molecule has 0 radical (unpaired) electrons. The summed E-state index contributed by atoms with van der Waals surface area (Å²) in [5, 5.41) is 8.74. The molecule has 0 atom stereocenters. The number of rotatable bonds is 5. The van der Waals surface area contributed by atoms with Crippen LogP contribution in [0.2, 0.25) is 0 Å². The van der Waals surface area contributed by atoms with Gasteiger partial charge >= 0.3 is 0 Å². The maximum absolute atomic E-state index is 8.74. The lowest BCUT2D eigenvalue weighted by molar-refractivity contribution is 1.13. The molecule has 0 unspecified atom stereocenters. The first kappa shape index (κ1) is 17.4. The summed E-state index contributed by atoms with van der Waals surface area (Å²) >= 11 is 0. The Balaban J connectivity index is 2.43. The molecule has 2 aromatic carbocycles. The summed E-state index contributed by atoms with van der Waals surface area (Å²) in [4.78, 5) is 4.16. The summed E-state index contributed by atoms with van der Waals surface area (Å²) in [6.45, 7) is 0. The van der Waals surface area contributed by atoms with Crippen molar-refractivity contribution in [2.24, 2.45) is 0 Å². The number of nitriles is 1. The Morgan fingerprint density at radius 1 is 0.792 bits per heavy atom. The predicted octanol–water partition coefficient (Wildman–Crippen LogP) is 4.33. The summed E-state index contributed by atoms with van der Waals surface area (Å²) in [5.74, 6) is 0. The number of hydrogen-bond acceptors (Lipinski definition) is 3. The topological polar surface area (TPSA) is 30.3 Å². The number of anilines is 2. The fourth-order valence-corrected chi connectivity index (χ4v) is 2.42. The quantitative estimate of drug-likeness (QED) is 0.607. The Kier molecular flexibility index (Phi) is 5.81. The third kappa shape index (κ3) is 4.27. The van der Waals surface area contributed by atoms with Crippen molar-refractivity contribution in [2.45, 2.75) is 0 Å². The van der Waals surface area contributed by atoms with Crippen LogP contribution >= 0.6 is 0 Å². The Bertz CT molecular complexity index is 705. The minimum Gasteiger partial charge on any atom is -0.378 e. The van der Waals surface area contributed by atoms with Crippen molar-refractivity contribution >= 4 is 16.9 Å². The maximum Gasteiger partial charge on any atom is 0.0912 e. The number of benzene rings is 2. The van der Waals surface area contributed by atoms with E-state index in [2.05, 4.69) is 58.3 Å². The first-order chi connectivity index (χ1) is 11.5. The van der Waals surface area contributed by atoms with Gasteiger partial charge < -0.3 is 9.80 Å². The van der Waals surface area contributed by atoms with E-state index in [0.717, 1.165) is 28.1 Å². The third-order valence-corrected chi connectivity index (χ3v) is 3.82. The van der Waals surface area contributed by atoms with Crippen LogP contribution in [0.25, 0.3) is 5.57 Å². The summed E-state index contributed by atoms with van der Waals surface area (Å²) in [7, 11) is 8.12. The standard InChI is InChI=1S/C21H23N3/c1-23(2)19-12-8-17(9-13-19)21(7-5-6-16-22)18-10-14-20(15-11-18)24(3)4/h5-15H,1-4H3/b6-5+. The number of hydrogen-bond donors (Lipinski definition) is 0. The van der Waals surface area contributed by atoms with Gasteiger partial charge in [0.2, 0.25) is 0 Å². The molecule has 2 rings (SSSR count). The lowest BCUT2D eigenvalue weighted by Crippen LogP contribution is -2.08. The summed E-state index contributed by atoms with van der Waals surface area (Å²) in [6.07, 6.45) is 5.26. The van der Waals surface area contributed by atoms with Crippen molar-refractivity contribution in [1.82, 2.24) is 0 Å². The zero-order valence-corrected chi connectivity index (χ0v) is 14.7. The van der Waals surface area contributed by atoms with Gasteiger partial charge in [0, 0.05) is 45.6 Å². The second-order valence-corrected chi connectivity index (χ2v) is 5.95. The largest absolute Gasteiger partial charge is 0.378 e. The molecule has 0 saturated carbocycles. The van der Waals surface area contributed by atoms with E-state index in [9.17, 15) is 0 Å². The van der Waals surface area contributed by atoms with Gasteiger partial charge in [0.25, 0.3) is 0 Å². The van der Waals surface area contributed by atoms with Crippen molar-refractivity contribution < 1.29 is 0 Å². The van der Waals surface area contributed by atoms with E-state index in [1.165, 1.54) is 6.08 Å². The van der Waals surface area contributed by atoms with E-state index >= 15 is 0 Å².